The SMILES string of the molecule is CCOC.COCC(O)C1CC(=O)N([C@@H](C)c2ccc(OC)cc2)C1.COc1ccc([C@H](C)N2CC(C(=O)O)CC2=O)cc1. The van der Waals surface area contributed by atoms with Gasteiger partial charge < -0.3 is 39.0 Å². The Labute approximate surface area is 260 Å². The van der Waals surface area contributed by atoms with Crippen molar-refractivity contribution in [3.05, 3.63) is 59.7 Å². The van der Waals surface area contributed by atoms with E-state index < -0.39 is 18.0 Å². The van der Waals surface area contributed by atoms with E-state index in [1.165, 1.54) is 0 Å². The number of aliphatic carboxylic acids is 1. The zero-order chi connectivity index (χ0) is 32.8. The minimum absolute atomic E-state index is 0.0110. The summed E-state index contributed by atoms with van der Waals surface area (Å²) in [6.07, 6.45) is -0.118. The molecule has 244 valence electrons. The number of hydrogen-bond donors (Lipinski definition) is 2. The molecule has 11 nitrogen and oxygen atoms in total. The largest absolute Gasteiger partial charge is 0.497 e. The number of carbonyl (C=O) groups excluding carboxylic acids is 2. The van der Waals surface area contributed by atoms with Crippen LogP contribution in [0, 0.1) is 11.8 Å². The van der Waals surface area contributed by atoms with Crippen LogP contribution in [-0.2, 0) is 23.9 Å². The van der Waals surface area contributed by atoms with Crippen LogP contribution in [0.5, 0.6) is 11.5 Å². The number of aliphatic hydroxyl groups excluding tert-OH is 1. The quantitative estimate of drug-likeness (QED) is 0.385. The zero-order valence-corrected chi connectivity index (χ0v) is 26.9. The first-order valence-corrected chi connectivity index (χ1v) is 14.8. The second kappa shape index (κ2) is 18.2. The van der Waals surface area contributed by atoms with E-state index in [1.807, 2.05) is 74.2 Å². The number of aliphatic hydroxyl groups is 1. The summed E-state index contributed by atoms with van der Waals surface area (Å²) in [4.78, 5) is 38.4. The first-order chi connectivity index (χ1) is 21.0. The molecule has 2 amide bonds. The minimum Gasteiger partial charge on any atom is -0.497 e. The zero-order valence-electron chi connectivity index (χ0n) is 26.9. The Morgan fingerprint density at radius 1 is 0.795 bits per heavy atom. The van der Waals surface area contributed by atoms with Crippen molar-refractivity contribution < 1.29 is 43.5 Å². The van der Waals surface area contributed by atoms with E-state index in [0.29, 0.717) is 13.0 Å². The van der Waals surface area contributed by atoms with Gasteiger partial charge in [-0.1, -0.05) is 24.3 Å². The second-order valence-electron chi connectivity index (χ2n) is 10.8. The molecule has 2 aromatic carbocycles. The van der Waals surface area contributed by atoms with E-state index in [4.69, 9.17) is 19.3 Å². The van der Waals surface area contributed by atoms with Gasteiger partial charge >= 0.3 is 5.97 Å². The van der Waals surface area contributed by atoms with Crippen molar-refractivity contribution in [2.75, 3.05) is 54.7 Å². The molecule has 0 spiro atoms. The van der Waals surface area contributed by atoms with Crippen molar-refractivity contribution in [1.82, 2.24) is 9.80 Å². The lowest BCUT2D eigenvalue weighted by atomic mass is 10.0. The van der Waals surface area contributed by atoms with Gasteiger partial charge in [0.15, 0.2) is 0 Å². The molecule has 0 aliphatic carbocycles. The monoisotopic (exact) mass is 616 g/mol. The van der Waals surface area contributed by atoms with Crippen molar-refractivity contribution in [2.45, 2.75) is 51.8 Å². The summed E-state index contributed by atoms with van der Waals surface area (Å²) in [6.45, 7) is 7.80. The molecule has 44 heavy (non-hydrogen) atoms. The van der Waals surface area contributed by atoms with Gasteiger partial charge in [-0.2, -0.15) is 0 Å². The van der Waals surface area contributed by atoms with Crippen LogP contribution in [0.2, 0.25) is 0 Å². The molecule has 11 heteroatoms. The Morgan fingerprint density at radius 3 is 1.59 bits per heavy atom. The highest BCUT2D eigenvalue weighted by molar-refractivity contribution is 5.86. The Balaban J connectivity index is 0.000000275. The Morgan fingerprint density at radius 2 is 1.23 bits per heavy atom. The summed E-state index contributed by atoms with van der Waals surface area (Å²) in [6, 6.07) is 15.0. The molecule has 2 heterocycles. The fourth-order valence-electron chi connectivity index (χ4n) is 5.10. The maximum Gasteiger partial charge on any atom is 0.308 e. The lowest BCUT2D eigenvalue weighted by Gasteiger charge is -2.26. The molecule has 4 rings (SSSR count). The summed E-state index contributed by atoms with van der Waals surface area (Å²) in [5.41, 5.74) is 2.03. The van der Waals surface area contributed by atoms with Crippen molar-refractivity contribution in [2.24, 2.45) is 11.8 Å². The fourth-order valence-corrected chi connectivity index (χ4v) is 5.10. The molecule has 2 aliphatic rings. The van der Waals surface area contributed by atoms with Crippen LogP contribution in [0.15, 0.2) is 48.5 Å². The average molecular weight is 617 g/mol. The van der Waals surface area contributed by atoms with Crippen LogP contribution >= 0.6 is 0 Å². The number of benzene rings is 2. The number of likely N-dealkylation sites (tertiary alicyclic amines) is 2. The van der Waals surface area contributed by atoms with Crippen molar-refractivity contribution in [3.8, 4) is 11.5 Å². The summed E-state index contributed by atoms with van der Waals surface area (Å²) in [7, 11) is 6.46. The predicted molar refractivity (Wildman–Crippen MR) is 166 cm³/mol. The number of rotatable bonds is 11. The van der Waals surface area contributed by atoms with Gasteiger partial charge in [-0.25, -0.2) is 0 Å². The van der Waals surface area contributed by atoms with Crippen molar-refractivity contribution in [3.63, 3.8) is 0 Å². The number of hydrogen-bond acceptors (Lipinski definition) is 8. The van der Waals surface area contributed by atoms with Crippen molar-refractivity contribution >= 4 is 17.8 Å². The second-order valence-corrected chi connectivity index (χ2v) is 10.8. The normalized spacial score (nSPS) is 19.7. The Hall–Kier alpha value is -3.67. The fraction of sp³-hybridized carbons (Fsp3) is 0.545. The van der Waals surface area contributed by atoms with Gasteiger partial charge in [0.2, 0.25) is 11.8 Å². The number of amides is 2. The number of methoxy groups -OCH3 is 4. The van der Waals surface area contributed by atoms with E-state index in [9.17, 15) is 19.5 Å². The van der Waals surface area contributed by atoms with Crippen LogP contribution in [0.1, 0.15) is 56.8 Å². The molecular weight excluding hydrogens is 568 g/mol. The standard InChI is InChI=1S/C16H23NO4.C14H17NO4.C3H8O/c1-11(12-4-6-14(21-3)7-5-12)17-9-13(8-16(17)19)15(18)10-20-2;1-9(10-3-5-12(19-2)6-4-10)15-8-11(14(17)18)7-13(15)16;1-3-4-2/h4-7,11,13,15,18H,8-10H2,1-3H3;3-6,9,11H,7-8H2,1-2H3,(H,17,18);3H2,1-2H3/t11-,13?,15?;9-,11?;/m00./s1. The van der Waals surface area contributed by atoms with Crippen LogP contribution in [0.25, 0.3) is 0 Å². The van der Waals surface area contributed by atoms with Crippen LogP contribution < -0.4 is 9.47 Å². The highest BCUT2D eigenvalue weighted by atomic mass is 16.5. The lowest BCUT2D eigenvalue weighted by molar-refractivity contribution is -0.141. The van der Waals surface area contributed by atoms with Gasteiger partial charge in [0.1, 0.15) is 11.5 Å². The van der Waals surface area contributed by atoms with Gasteiger partial charge in [0.25, 0.3) is 0 Å². The first kappa shape index (κ1) is 36.5. The molecule has 3 unspecified atom stereocenters. The molecule has 0 saturated carbocycles. The molecule has 0 radical (unpaired) electrons. The van der Waals surface area contributed by atoms with Gasteiger partial charge in [-0.15, -0.1) is 0 Å². The molecule has 2 N–H and O–H groups in total. The molecule has 2 aromatic rings. The third-order valence-corrected chi connectivity index (χ3v) is 8.00. The number of ether oxygens (including phenoxy) is 4. The molecule has 2 saturated heterocycles. The molecule has 2 aliphatic heterocycles. The van der Waals surface area contributed by atoms with E-state index in [0.717, 1.165) is 29.2 Å². The van der Waals surface area contributed by atoms with E-state index in [-0.39, 0.29) is 49.4 Å². The molecule has 2 fully saturated rings. The van der Waals surface area contributed by atoms with E-state index in [2.05, 4.69) is 4.74 Å². The van der Waals surface area contributed by atoms with Crippen molar-refractivity contribution in [1.29, 1.82) is 0 Å². The highest BCUT2D eigenvalue weighted by Crippen LogP contribution is 2.31. The Kier molecular flexibility index (Phi) is 15.1. The predicted octanol–water partition coefficient (Wildman–Crippen LogP) is 3.95. The van der Waals surface area contributed by atoms with E-state index >= 15 is 0 Å². The topological polar surface area (TPSA) is 135 Å². The summed E-state index contributed by atoms with van der Waals surface area (Å²) < 4.78 is 19.7. The minimum atomic E-state index is -0.905. The number of carboxylic acid groups (broad SMARTS) is 1. The molecule has 5 atom stereocenters. The summed E-state index contributed by atoms with van der Waals surface area (Å²) >= 11 is 0. The maximum absolute atomic E-state index is 12.2. The number of nitrogens with zero attached hydrogens (tertiary/aromatic N) is 2. The number of carboxylic acids is 1. The lowest BCUT2D eigenvalue weighted by Crippen LogP contribution is -2.31. The van der Waals surface area contributed by atoms with Crippen LogP contribution in [-0.4, -0.2) is 98.6 Å². The van der Waals surface area contributed by atoms with Gasteiger partial charge in [-0.3, -0.25) is 14.4 Å². The average Bonchev–Trinajstić information content (AvgIpc) is 3.63. The summed E-state index contributed by atoms with van der Waals surface area (Å²) in [5.74, 6) is -0.0162. The summed E-state index contributed by atoms with van der Waals surface area (Å²) in [5, 5.41) is 19.0. The third kappa shape index (κ3) is 10.2. The van der Waals surface area contributed by atoms with Crippen LogP contribution in [0.4, 0.5) is 0 Å². The first-order valence-electron chi connectivity index (χ1n) is 14.8. The van der Waals surface area contributed by atoms with E-state index in [1.54, 1.807) is 33.3 Å². The molecule has 0 bridgehead atoms. The molecular formula is C33H48N2O9. The maximum atomic E-state index is 12.2. The van der Waals surface area contributed by atoms with Gasteiger partial charge in [0.05, 0.1) is 44.9 Å². The van der Waals surface area contributed by atoms with Gasteiger partial charge in [0, 0.05) is 52.7 Å². The van der Waals surface area contributed by atoms with Gasteiger partial charge in [-0.05, 0) is 56.2 Å². The third-order valence-electron chi connectivity index (χ3n) is 8.00. The smallest absolute Gasteiger partial charge is 0.308 e. The highest BCUT2D eigenvalue weighted by Gasteiger charge is 2.38. The van der Waals surface area contributed by atoms with Crippen LogP contribution in [0.3, 0.4) is 0 Å². The molecule has 0 aromatic heterocycles. The Bertz CT molecular complexity index is 1170. The number of carbonyl (C=O) groups is 3.